The van der Waals surface area contributed by atoms with E-state index in [1.807, 2.05) is 13.8 Å². The van der Waals surface area contributed by atoms with E-state index in [0.717, 1.165) is 13.0 Å². The minimum Gasteiger partial charge on any atom is -0.389 e. The molecule has 0 aromatic rings. The van der Waals surface area contributed by atoms with E-state index in [0.29, 0.717) is 6.04 Å². The summed E-state index contributed by atoms with van der Waals surface area (Å²) in [7, 11) is 0. The molecule has 0 aromatic heterocycles. The van der Waals surface area contributed by atoms with Crippen molar-refractivity contribution in [2.75, 3.05) is 6.54 Å². The van der Waals surface area contributed by atoms with Gasteiger partial charge in [-0.15, -0.1) is 0 Å². The van der Waals surface area contributed by atoms with Gasteiger partial charge in [-0.05, 0) is 33.2 Å². The summed E-state index contributed by atoms with van der Waals surface area (Å²) in [6.45, 7) is 4.78. The second-order valence-corrected chi connectivity index (χ2v) is 3.30. The van der Waals surface area contributed by atoms with Crippen molar-refractivity contribution in [3.8, 4) is 0 Å². The maximum atomic E-state index is 9.45. The molecule has 70 valence electrons. The van der Waals surface area contributed by atoms with Crippen molar-refractivity contribution in [2.24, 2.45) is 0 Å². The molecule has 1 rings (SSSR count). The van der Waals surface area contributed by atoms with Gasteiger partial charge >= 0.3 is 0 Å². The van der Waals surface area contributed by atoms with Crippen LogP contribution in [0.2, 0.25) is 0 Å². The van der Waals surface area contributed by atoms with Crippen LogP contribution in [0.5, 0.6) is 0 Å². The highest BCUT2D eigenvalue weighted by molar-refractivity contribution is 7.59. The molecule has 0 amide bonds. The Labute approximate surface area is 82.7 Å². The molecule has 0 radical (unpaired) electrons. The number of nitrogens with one attached hydrogen (secondary N) is 1. The topological polar surface area (TPSA) is 32.3 Å². The average Bonchev–Trinajstić information content (AvgIpc) is 2.08. The fraction of sp³-hybridized carbons (Fsp3) is 1.00. The van der Waals surface area contributed by atoms with Crippen LogP contribution >= 0.6 is 27.0 Å². The fourth-order valence-electron chi connectivity index (χ4n) is 1.29. The van der Waals surface area contributed by atoms with E-state index in [9.17, 15) is 5.11 Å². The molecule has 2 N–H and O–H groups in total. The highest BCUT2D eigenvalue weighted by atomic mass is 32.1. The molecule has 1 atom stereocenters. The van der Waals surface area contributed by atoms with Crippen molar-refractivity contribution < 1.29 is 5.11 Å². The smallest absolute Gasteiger partial charge is 0.0744 e. The van der Waals surface area contributed by atoms with E-state index in [1.165, 1.54) is 6.42 Å². The minimum atomic E-state index is -0.531. The first-order chi connectivity index (χ1) is 4.11. The molecule has 0 aliphatic carbocycles. The first kappa shape index (κ1) is 14.2. The van der Waals surface area contributed by atoms with Crippen LogP contribution in [-0.2, 0) is 0 Å². The van der Waals surface area contributed by atoms with Crippen molar-refractivity contribution in [3.63, 3.8) is 0 Å². The standard InChI is InChI=1S/C7H15NO.2H2S/c1-7(2,9)6-4-3-5-8-6;;/h6,8-9H,3-5H2,1-2H3;2*1H2/t6-;;/m0../s1. The molecule has 0 bridgehead atoms. The second-order valence-electron chi connectivity index (χ2n) is 3.30. The zero-order valence-electron chi connectivity index (χ0n) is 7.15. The number of hydrogen-bond acceptors (Lipinski definition) is 2. The normalized spacial score (nSPS) is 23.7. The predicted octanol–water partition coefficient (Wildman–Crippen LogP) is 0.735. The Morgan fingerprint density at radius 3 is 2.09 bits per heavy atom. The van der Waals surface area contributed by atoms with Gasteiger partial charge in [0.05, 0.1) is 5.60 Å². The highest BCUT2D eigenvalue weighted by Gasteiger charge is 2.28. The van der Waals surface area contributed by atoms with Gasteiger partial charge in [0.1, 0.15) is 0 Å². The Morgan fingerprint density at radius 2 is 1.91 bits per heavy atom. The monoisotopic (exact) mass is 197 g/mol. The van der Waals surface area contributed by atoms with E-state index in [4.69, 9.17) is 0 Å². The molecular formula is C7H19NOS2. The molecule has 1 saturated heterocycles. The van der Waals surface area contributed by atoms with E-state index >= 15 is 0 Å². The summed E-state index contributed by atoms with van der Waals surface area (Å²) < 4.78 is 0. The molecule has 1 heterocycles. The summed E-state index contributed by atoms with van der Waals surface area (Å²) in [5.41, 5.74) is -0.531. The molecule has 0 aromatic carbocycles. The van der Waals surface area contributed by atoms with Gasteiger partial charge in [-0.1, -0.05) is 0 Å². The maximum Gasteiger partial charge on any atom is 0.0744 e. The van der Waals surface area contributed by atoms with Gasteiger partial charge in [0.15, 0.2) is 0 Å². The summed E-state index contributed by atoms with van der Waals surface area (Å²) in [4.78, 5) is 0. The van der Waals surface area contributed by atoms with Crippen LogP contribution in [0.15, 0.2) is 0 Å². The van der Waals surface area contributed by atoms with Gasteiger partial charge in [-0.3, -0.25) is 0 Å². The Kier molecular flexibility index (Phi) is 6.82. The largest absolute Gasteiger partial charge is 0.389 e. The average molecular weight is 197 g/mol. The molecule has 1 fully saturated rings. The third-order valence-electron chi connectivity index (χ3n) is 1.91. The van der Waals surface area contributed by atoms with E-state index in [-0.39, 0.29) is 27.0 Å². The second kappa shape index (κ2) is 5.30. The lowest BCUT2D eigenvalue weighted by atomic mass is 9.98. The van der Waals surface area contributed by atoms with Crippen molar-refractivity contribution in [1.82, 2.24) is 5.32 Å². The summed E-state index contributed by atoms with van der Waals surface area (Å²) in [6.07, 6.45) is 2.32. The fourth-order valence-corrected chi connectivity index (χ4v) is 1.29. The van der Waals surface area contributed by atoms with Crippen LogP contribution in [0.4, 0.5) is 0 Å². The molecule has 1 aliphatic heterocycles. The predicted molar refractivity (Wildman–Crippen MR) is 58.1 cm³/mol. The van der Waals surface area contributed by atoms with E-state index in [1.54, 1.807) is 0 Å². The summed E-state index contributed by atoms with van der Waals surface area (Å²) >= 11 is 0. The van der Waals surface area contributed by atoms with Crippen LogP contribution in [0.1, 0.15) is 26.7 Å². The summed E-state index contributed by atoms with van der Waals surface area (Å²) in [6, 6.07) is 0.317. The first-order valence-corrected chi connectivity index (χ1v) is 3.56. The van der Waals surface area contributed by atoms with Gasteiger partial charge in [-0.25, -0.2) is 0 Å². The number of aliphatic hydroxyl groups is 1. The summed E-state index contributed by atoms with van der Waals surface area (Å²) in [5, 5.41) is 12.7. The first-order valence-electron chi connectivity index (χ1n) is 3.56. The van der Waals surface area contributed by atoms with Crippen LogP contribution in [0, 0.1) is 0 Å². The van der Waals surface area contributed by atoms with Crippen molar-refractivity contribution >= 4 is 27.0 Å². The van der Waals surface area contributed by atoms with Gasteiger partial charge in [0.2, 0.25) is 0 Å². The minimum absolute atomic E-state index is 0. The molecular weight excluding hydrogens is 178 g/mol. The molecule has 4 heteroatoms. The molecule has 11 heavy (non-hydrogen) atoms. The lowest BCUT2D eigenvalue weighted by Gasteiger charge is -2.25. The molecule has 2 nitrogen and oxygen atoms in total. The Morgan fingerprint density at radius 1 is 1.36 bits per heavy atom. The molecule has 0 saturated carbocycles. The highest BCUT2D eigenvalue weighted by Crippen LogP contribution is 2.17. The van der Waals surface area contributed by atoms with E-state index in [2.05, 4.69) is 5.32 Å². The third-order valence-corrected chi connectivity index (χ3v) is 1.91. The van der Waals surface area contributed by atoms with Crippen LogP contribution < -0.4 is 5.32 Å². The van der Waals surface area contributed by atoms with Crippen molar-refractivity contribution in [3.05, 3.63) is 0 Å². The van der Waals surface area contributed by atoms with Crippen molar-refractivity contribution in [2.45, 2.75) is 38.3 Å². The van der Waals surface area contributed by atoms with Crippen LogP contribution in [-0.4, -0.2) is 23.3 Å². The maximum absolute atomic E-state index is 9.45. The molecule has 1 aliphatic rings. The zero-order chi connectivity index (χ0) is 6.91. The summed E-state index contributed by atoms with van der Waals surface area (Å²) in [5.74, 6) is 0. The quantitative estimate of drug-likeness (QED) is 0.650. The van der Waals surface area contributed by atoms with Gasteiger partial charge in [0, 0.05) is 6.04 Å². The molecule has 0 spiro atoms. The zero-order valence-corrected chi connectivity index (χ0v) is 9.15. The van der Waals surface area contributed by atoms with Crippen LogP contribution in [0.3, 0.4) is 0 Å². The molecule has 0 unspecified atom stereocenters. The Balaban J connectivity index is 0. The van der Waals surface area contributed by atoms with E-state index < -0.39 is 5.60 Å². The Bertz CT molecular complexity index is 97.1. The third kappa shape index (κ3) is 4.25. The SMILES string of the molecule is CC(C)(O)[C@@H]1CCCN1.S.S. The van der Waals surface area contributed by atoms with Crippen molar-refractivity contribution in [1.29, 1.82) is 0 Å². The van der Waals surface area contributed by atoms with Gasteiger partial charge in [-0.2, -0.15) is 27.0 Å². The van der Waals surface area contributed by atoms with Gasteiger partial charge < -0.3 is 10.4 Å². The Hall–Kier alpha value is 0.620. The van der Waals surface area contributed by atoms with Gasteiger partial charge in [0.25, 0.3) is 0 Å². The lowest BCUT2D eigenvalue weighted by Crippen LogP contribution is -2.42. The number of hydrogen-bond donors (Lipinski definition) is 2. The van der Waals surface area contributed by atoms with Crippen LogP contribution in [0.25, 0.3) is 0 Å². The number of rotatable bonds is 1. The lowest BCUT2D eigenvalue weighted by molar-refractivity contribution is 0.0449.